The third-order valence-corrected chi connectivity index (χ3v) is 5.51. The standard InChI is InChI=1S/C25H23F3N6O2/c1-14(2)23(35)32-20-9-6-16(25(26,27)28)10-21(20)33-24(36)31-17-7-4-15(5-8-17)18-11-29-13-22-19(18)12-30-34(22)3/h4-14H,1-3H3,(H,32,35)(H2,31,33,36). The molecule has 36 heavy (non-hydrogen) atoms. The highest BCUT2D eigenvalue weighted by molar-refractivity contribution is 6.04. The molecule has 0 aliphatic rings. The average Bonchev–Trinajstić information content (AvgIpc) is 3.21. The highest BCUT2D eigenvalue weighted by Crippen LogP contribution is 2.34. The first-order valence-corrected chi connectivity index (χ1v) is 11.0. The number of amides is 3. The number of rotatable bonds is 5. The van der Waals surface area contributed by atoms with E-state index in [4.69, 9.17) is 0 Å². The smallest absolute Gasteiger partial charge is 0.324 e. The van der Waals surface area contributed by atoms with Crippen molar-refractivity contribution in [2.24, 2.45) is 13.0 Å². The second-order valence-electron chi connectivity index (χ2n) is 8.45. The molecule has 11 heteroatoms. The van der Waals surface area contributed by atoms with Crippen LogP contribution in [0.3, 0.4) is 0 Å². The van der Waals surface area contributed by atoms with Crippen LogP contribution < -0.4 is 16.0 Å². The Morgan fingerprint density at radius 3 is 2.31 bits per heavy atom. The molecule has 186 valence electrons. The van der Waals surface area contributed by atoms with Gasteiger partial charge in [0.05, 0.1) is 34.8 Å². The SMILES string of the molecule is CC(C)C(=O)Nc1ccc(C(F)(F)F)cc1NC(=O)Nc1ccc(-c2cncc3c2cnn3C)cc1. The Morgan fingerprint density at radius 2 is 1.64 bits per heavy atom. The van der Waals surface area contributed by atoms with Crippen molar-refractivity contribution in [2.45, 2.75) is 20.0 Å². The van der Waals surface area contributed by atoms with Crippen molar-refractivity contribution in [3.63, 3.8) is 0 Å². The molecule has 4 aromatic rings. The fraction of sp³-hybridized carbons (Fsp3) is 0.200. The minimum atomic E-state index is -4.62. The van der Waals surface area contributed by atoms with Crippen LogP contribution in [0, 0.1) is 5.92 Å². The second kappa shape index (κ2) is 9.68. The van der Waals surface area contributed by atoms with Crippen molar-refractivity contribution in [1.29, 1.82) is 0 Å². The third-order valence-electron chi connectivity index (χ3n) is 5.51. The summed E-state index contributed by atoms with van der Waals surface area (Å²) in [6.45, 7) is 3.29. The molecule has 0 aliphatic carbocycles. The lowest BCUT2D eigenvalue weighted by atomic mass is 10.0. The number of benzene rings is 2. The quantitative estimate of drug-likeness (QED) is 0.321. The van der Waals surface area contributed by atoms with Gasteiger partial charge >= 0.3 is 12.2 Å². The molecule has 3 amide bonds. The van der Waals surface area contributed by atoms with E-state index in [9.17, 15) is 22.8 Å². The van der Waals surface area contributed by atoms with Gasteiger partial charge in [-0.05, 0) is 35.9 Å². The van der Waals surface area contributed by atoms with Gasteiger partial charge in [0.15, 0.2) is 0 Å². The lowest BCUT2D eigenvalue weighted by Gasteiger charge is -2.16. The van der Waals surface area contributed by atoms with E-state index in [1.807, 2.05) is 7.05 Å². The fourth-order valence-electron chi connectivity index (χ4n) is 3.52. The predicted octanol–water partition coefficient (Wildman–Crippen LogP) is 5.89. The Balaban J connectivity index is 1.53. The van der Waals surface area contributed by atoms with Crippen molar-refractivity contribution >= 4 is 39.9 Å². The normalized spacial score (nSPS) is 11.5. The van der Waals surface area contributed by atoms with E-state index >= 15 is 0 Å². The lowest BCUT2D eigenvalue weighted by molar-refractivity contribution is -0.137. The van der Waals surface area contributed by atoms with E-state index in [2.05, 4.69) is 26.0 Å². The first-order chi connectivity index (χ1) is 17.0. The van der Waals surface area contributed by atoms with Crippen molar-refractivity contribution in [2.75, 3.05) is 16.0 Å². The lowest BCUT2D eigenvalue weighted by Crippen LogP contribution is -2.23. The summed E-state index contributed by atoms with van der Waals surface area (Å²) in [7, 11) is 1.82. The molecule has 2 heterocycles. The van der Waals surface area contributed by atoms with Gasteiger partial charge in [-0.2, -0.15) is 18.3 Å². The molecule has 0 unspecified atom stereocenters. The van der Waals surface area contributed by atoms with Gasteiger partial charge in [-0.1, -0.05) is 26.0 Å². The maximum absolute atomic E-state index is 13.2. The van der Waals surface area contributed by atoms with E-state index in [0.29, 0.717) is 5.69 Å². The van der Waals surface area contributed by atoms with E-state index in [1.54, 1.807) is 61.4 Å². The van der Waals surface area contributed by atoms with Crippen LogP contribution in [0.5, 0.6) is 0 Å². The van der Waals surface area contributed by atoms with Crippen LogP contribution >= 0.6 is 0 Å². The zero-order valence-corrected chi connectivity index (χ0v) is 19.6. The maximum Gasteiger partial charge on any atom is 0.416 e. The number of anilines is 3. The van der Waals surface area contributed by atoms with Gasteiger partial charge < -0.3 is 16.0 Å². The van der Waals surface area contributed by atoms with Crippen LogP contribution in [0.15, 0.2) is 61.1 Å². The molecule has 8 nitrogen and oxygen atoms in total. The summed E-state index contributed by atoms with van der Waals surface area (Å²) < 4.78 is 41.4. The number of aryl methyl sites for hydroxylation is 1. The predicted molar refractivity (Wildman–Crippen MR) is 131 cm³/mol. The average molecular weight is 496 g/mol. The Hall–Kier alpha value is -4.41. The first-order valence-electron chi connectivity index (χ1n) is 11.0. The van der Waals surface area contributed by atoms with Crippen LogP contribution in [0.2, 0.25) is 0 Å². The molecule has 0 saturated heterocycles. The molecule has 0 aliphatic heterocycles. The van der Waals surface area contributed by atoms with E-state index in [0.717, 1.165) is 40.2 Å². The summed E-state index contributed by atoms with van der Waals surface area (Å²) in [6, 6.07) is 8.87. The number of alkyl halides is 3. The number of urea groups is 1. The number of carbonyl (C=O) groups is 2. The summed E-state index contributed by atoms with van der Waals surface area (Å²) in [5.41, 5.74) is 1.93. The number of nitrogens with zero attached hydrogens (tertiary/aromatic N) is 3. The molecule has 0 bridgehead atoms. The molecule has 0 radical (unpaired) electrons. The van der Waals surface area contributed by atoms with E-state index < -0.39 is 29.6 Å². The second-order valence-corrected chi connectivity index (χ2v) is 8.45. The minimum Gasteiger partial charge on any atom is -0.324 e. The highest BCUT2D eigenvalue weighted by atomic mass is 19.4. The highest BCUT2D eigenvalue weighted by Gasteiger charge is 2.31. The number of aromatic nitrogens is 3. The topological polar surface area (TPSA) is 101 Å². The van der Waals surface area contributed by atoms with Gasteiger partial charge in [0.2, 0.25) is 5.91 Å². The zero-order chi connectivity index (χ0) is 26.0. The van der Waals surface area contributed by atoms with Crippen molar-refractivity contribution in [1.82, 2.24) is 14.8 Å². The summed E-state index contributed by atoms with van der Waals surface area (Å²) in [5, 5.41) is 12.7. The Morgan fingerprint density at radius 1 is 0.917 bits per heavy atom. The number of nitrogens with one attached hydrogen (secondary N) is 3. The van der Waals surface area contributed by atoms with Gasteiger partial charge in [-0.3, -0.25) is 14.5 Å². The molecule has 0 saturated carbocycles. The van der Waals surface area contributed by atoms with Crippen molar-refractivity contribution in [3.8, 4) is 11.1 Å². The number of hydrogen-bond donors (Lipinski definition) is 3. The fourth-order valence-corrected chi connectivity index (χ4v) is 3.52. The molecule has 0 spiro atoms. The van der Waals surface area contributed by atoms with Gasteiger partial charge in [0.25, 0.3) is 0 Å². The summed E-state index contributed by atoms with van der Waals surface area (Å²) in [6.07, 6.45) is 0.573. The number of carbonyl (C=O) groups excluding carboxylic acids is 2. The maximum atomic E-state index is 13.2. The molecule has 0 fully saturated rings. The summed E-state index contributed by atoms with van der Waals surface area (Å²) >= 11 is 0. The van der Waals surface area contributed by atoms with Crippen LogP contribution in [0.1, 0.15) is 19.4 Å². The van der Waals surface area contributed by atoms with E-state index in [-0.39, 0.29) is 11.4 Å². The Labute approximate surface area is 204 Å². The molecular weight excluding hydrogens is 473 g/mol. The monoisotopic (exact) mass is 496 g/mol. The van der Waals surface area contributed by atoms with E-state index in [1.165, 1.54) is 0 Å². The molecular formula is C25H23F3N6O2. The van der Waals surface area contributed by atoms with Crippen LogP contribution in [-0.4, -0.2) is 26.7 Å². The minimum absolute atomic E-state index is 0.0595. The molecule has 0 atom stereocenters. The van der Waals surface area contributed by atoms with Gasteiger partial charge in [0, 0.05) is 35.8 Å². The summed E-state index contributed by atoms with van der Waals surface area (Å²) in [4.78, 5) is 28.9. The molecule has 3 N–H and O–H groups in total. The largest absolute Gasteiger partial charge is 0.416 e. The molecule has 2 aromatic carbocycles. The number of halogens is 3. The number of pyridine rings is 1. The number of fused-ring (bicyclic) bond motifs is 1. The van der Waals surface area contributed by atoms with Crippen molar-refractivity contribution in [3.05, 3.63) is 66.6 Å². The summed E-state index contributed by atoms with van der Waals surface area (Å²) in [5.74, 6) is -0.799. The van der Waals surface area contributed by atoms with Crippen LogP contribution in [-0.2, 0) is 18.0 Å². The Bertz CT molecular complexity index is 1430. The van der Waals surface area contributed by atoms with Gasteiger partial charge in [-0.25, -0.2) is 4.79 Å². The third kappa shape index (κ3) is 5.29. The number of hydrogen-bond acceptors (Lipinski definition) is 4. The Kier molecular flexibility index (Phi) is 6.65. The van der Waals surface area contributed by atoms with Gasteiger partial charge in [0.1, 0.15) is 0 Å². The van der Waals surface area contributed by atoms with Gasteiger partial charge in [-0.15, -0.1) is 0 Å². The van der Waals surface area contributed by atoms with Crippen LogP contribution in [0.4, 0.5) is 35.0 Å². The molecule has 2 aromatic heterocycles. The molecule has 4 rings (SSSR count). The van der Waals surface area contributed by atoms with Crippen LogP contribution in [0.25, 0.3) is 22.0 Å². The first kappa shape index (κ1) is 24.7. The zero-order valence-electron chi connectivity index (χ0n) is 19.6. The van der Waals surface area contributed by atoms with Crippen molar-refractivity contribution < 1.29 is 22.8 Å².